The normalized spacial score (nSPS) is 12.1. The van der Waals surface area contributed by atoms with Crippen molar-refractivity contribution in [2.75, 3.05) is 0 Å². The predicted molar refractivity (Wildman–Crippen MR) is 169 cm³/mol. The summed E-state index contributed by atoms with van der Waals surface area (Å²) in [4.78, 5) is 34.0. The van der Waals surface area contributed by atoms with Crippen LogP contribution in [0.15, 0.2) is 60.9 Å². The number of esters is 2. The van der Waals surface area contributed by atoms with Crippen molar-refractivity contribution < 1.29 is 32.2 Å². The lowest BCUT2D eigenvalue weighted by atomic mass is 10.1. The number of halogens is 3. The largest absolute Gasteiger partial charge is 0.449 e. The van der Waals surface area contributed by atoms with Crippen LogP contribution in [0, 0.1) is 0 Å². The summed E-state index contributed by atoms with van der Waals surface area (Å²) >= 11 is 0. The van der Waals surface area contributed by atoms with Crippen molar-refractivity contribution in [1.82, 2.24) is 9.97 Å². The van der Waals surface area contributed by atoms with Crippen molar-refractivity contribution >= 4 is 11.9 Å². The molecule has 244 valence electrons. The molecule has 0 amide bonds. The van der Waals surface area contributed by atoms with E-state index in [2.05, 4.69) is 16.9 Å². The van der Waals surface area contributed by atoms with Gasteiger partial charge in [-0.15, -0.1) is 0 Å². The van der Waals surface area contributed by atoms with Crippen molar-refractivity contribution in [1.29, 1.82) is 0 Å². The van der Waals surface area contributed by atoms with Crippen LogP contribution in [-0.4, -0.2) is 34.2 Å². The molecule has 45 heavy (non-hydrogen) atoms. The summed E-state index contributed by atoms with van der Waals surface area (Å²) in [6.45, 7) is 4.19. The zero-order chi connectivity index (χ0) is 32.5. The van der Waals surface area contributed by atoms with Gasteiger partial charge in [-0.1, -0.05) is 90.2 Å². The number of nitrogens with zero attached hydrogens (tertiary/aromatic N) is 2. The number of alkyl halides is 3. The van der Waals surface area contributed by atoms with Gasteiger partial charge in [-0.05, 0) is 67.6 Å². The molecular formula is C36H45F3N2O4. The maximum atomic E-state index is 13.4. The lowest BCUT2D eigenvalue weighted by Crippen LogP contribution is -2.33. The van der Waals surface area contributed by atoms with E-state index in [0.29, 0.717) is 24.2 Å². The minimum atomic E-state index is -4.64. The maximum absolute atomic E-state index is 13.4. The van der Waals surface area contributed by atoms with Gasteiger partial charge in [0.15, 0.2) is 11.9 Å². The van der Waals surface area contributed by atoms with Crippen molar-refractivity contribution in [2.45, 2.75) is 116 Å². The van der Waals surface area contributed by atoms with Gasteiger partial charge in [-0.2, -0.15) is 13.2 Å². The quantitative estimate of drug-likeness (QED) is 0.0749. The second kappa shape index (κ2) is 18.9. The van der Waals surface area contributed by atoms with E-state index in [-0.39, 0.29) is 17.7 Å². The molecule has 0 fully saturated rings. The summed E-state index contributed by atoms with van der Waals surface area (Å²) in [5.41, 5.74) is 2.10. The average molecular weight is 627 g/mol. The third-order valence-electron chi connectivity index (χ3n) is 7.64. The first-order chi connectivity index (χ1) is 21.7. The molecule has 1 unspecified atom stereocenters. The van der Waals surface area contributed by atoms with E-state index in [9.17, 15) is 22.8 Å². The Bertz CT molecular complexity index is 1290. The number of aromatic nitrogens is 2. The summed E-state index contributed by atoms with van der Waals surface area (Å²) in [7, 11) is 0. The predicted octanol–water partition coefficient (Wildman–Crippen LogP) is 10.1. The molecule has 0 aliphatic carbocycles. The standard InChI is InChI=1S/C36H45F3N2O4/c1-3-5-7-9-10-11-12-13-15-27-25-40-33(41-26-27)28-17-19-29(20-18-28)34(42)44-31-23-21-30(22-24-31)35(43)45-32(36(37,38)39)16-14-8-6-4-2/h17-26,32H,3-16H2,1-2H3. The molecule has 0 aliphatic heterocycles. The van der Waals surface area contributed by atoms with Gasteiger partial charge in [0.05, 0.1) is 11.1 Å². The first-order valence-corrected chi connectivity index (χ1v) is 16.2. The Morgan fingerprint density at radius 3 is 1.78 bits per heavy atom. The highest BCUT2D eigenvalue weighted by Crippen LogP contribution is 2.28. The molecule has 9 heteroatoms. The summed E-state index contributed by atoms with van der Waals surface area (Å²) in [5, 5.41) is 0. The molecule has 0 saturated heterocycles. The van der Waals surface area contributed by atoms with Gasteiger partial charge >= 0.3 is 18.1 Å². The van der Waals surface area contributed by atoms with E-state index >= 15 is 0 Å². The van der Waals surface area contributed by atoms with E-state index in [0.717, 1.165) is 36.8 Å². The van der Waals surface area contributed by atoms with Crippen LogP contribution in [0.3, 0.4) is 0 Å². The summed E-state index contributed by atoms with van der Waals surface area (Å²) in [6, 6.07) is 11.9. The number of benzene rings is 2. The SMILES string of the molecule is CCCCCCCCCCc1cnc(-c2ccc(C(=O)Oc3ccc(C(=O)OC(CCCCCC)C(F)(F)F)cc3)cc2)nc1. The van der Waals surface area contributed by atoms with Crippen molar-refractivity contribution in [3.05, 3.63) is 77.6 Å². The van der Waals surface area contributed by atoms with Gasteiger partial charge in [0.2, 0.25) is 0 Å². The van der Waals surface area contributed by atoms with E-state index in [1.807, 2.05) is 19.3 Å². The van der Waals surface area contributed by atoms with Gasteiger partial charge in [0.25, 0.3) is 0 Å². The van der Waals surface area contributed by atoms with Gasteiger partial charge in [-0.25, -0.2) is 19.6 Å². The van der Waals surface area contributed by atoms with E-state index < -0.39 is 24.2 Å². The van der Waals surface area contributed by atoms with Gasteiger partial charge in [-0.3, -0.25) is 0 Å². The molecule has 3 aromatic rings. The van der Waals surface area contributed by atoms with E-state index in [1.165, 1.54) is 69.2 Å². The van der Waals surface area contributed by atoms with Crippen molar-refractivity contribution in [3.8, 4) is 17.1 Å². The molecule has 0 saturated carbocycles. The Hall–Kier alpha value is -3.75. The number of ether oxygens (including phenoxy) is 2. The minimum absolute atomic E-state index is 0.0641. The molecule has 1 aromatic heterocycles. The van der Waals surface area contributed by atoms with Crippen molar-refractivity contribution in [2.24, 2.45) is 0 Å². The Morgan fingerprint density at radius 1 is 0.689 bits per heavy atom. The van der Waals surface area contributed by atoms with Gasteiger partial charge in [0.1, 0.15) is 5.75 Å². The number of carbonyl (C=O) groups is 2. The zero-order valence-corrected chi connectivity index (χ0v) is 26.4. The monoisotopic (exact) mass is 626 g/mol. The highest BCUT2D eigenvalue weighted by atomic mass is 19.4. The molecule has 6 nitrogen and oxygen atoms in total. The summed E-state index contributed by atoms with van der Waals surface area (Å²) in [6.07, 6.45) is 10.4. The Morgan fingerprint density at radius 2 is 1.20 bits per heavy atom. The number of unbranched alkanes of at least 4 members (excludes halogenated alkanes) is 10. The molecular weight excluding hydrogens is 581 g/mol. The molecule has 1 heterocycles. The second-order valence-electron chi connectivity index (χ2n) is 11.4. The number of rotatable bonds is 19. The zero-order valence-electron chi connectivity index (χ0n) is 26.4. The smallest absolute Gasteiger partial charge is 0.425 e. The average Bonchev–Trinajstić information content (AvgIpc) is 3.04. The Kier molecular flexibility index (Phi) is 15.0. The molecule has 1 atom stereocenters. The molecule has 2 aromatic carbocycles. The molecule has 3 rings (SSSR count). The van der Waals surface area contributed by atoms with Crippen LogP contribution in [0.4, 0.5) is 13.2 Å². The van der Waals surface area contributed by atoms with E-state index in [1.54, 1.807) is 24.3 Å². The summed E-state index contributed by atoms with van der Waals surface area (Å²) < 4.78 is 50.3. The fourth-order valence-electron chi connectivity index (χ4n) is 4.92. The molecule has 0 spiro atoms. The fraction of sp³-hybridized carbons (Fsp3) is 0.500. The minimum Gasteiger partial charge on any atom is -0.449 e. The van der Waals surface area contributed by atoms with Gasteiger partial charge < -0.3 is 9.47 Å². The highest BCUT2D eigenvalue weighted by molar-refractivity contribution is 5.92. The third kappa shape index (κ3) is 12.6. The van der Waals surface area contributed by atoms with Crippen LogP contribution in [0.1, 0.15) is 124 Å². The van der Waals surface area contributed by atoms with Gasteiger partial charge in [0, 0.05) is 18.0 Å². The fourth-order valence-corrected chi connectivity index (χ4v) is 4.92. The molecule has 0 bridgehead atoms. The number of hydrogen-bond donors (Lipinski definition) is 0. The molecule has 0 N–H and O–H groups in total. The first-order valence-electron chi connectivity index (χ1n) is 16.2. The molecule has 0 radical (unpaired) electrons. The third-order valence-corrected chi connectivity index (χ3v) is 7.64. The Balaban J connectivity index is 1.47. The van der Waals surface area contributed by atoms with Crippen LogP contribution in [-0.2, 0) is 11.2 Å². The van der Waals surface area contributed by atoms with Crippen LogP contribution >= 0.6 is 0 Å². The number of aryl methyl sites for hydroxylation is 1. The van der Waals surface area contributed by atoms with Crippen LogP contribution in [0.5, 0.6) is 5.75 Å². The first kappa shape index (κ1) is 35.7. The highest BCUT2D eigenvalue weighted by Gasteiger charge is 2.42. The maximum Gasteiger partial charge on any atom is 0.425 e. The van der Waals surface area contributed by atoms with Crippen LogP contribution in [0.2, 0.25) is 0 Å². The lowest BCUT2D eigenvalue weighted by Gasteiger charge is -2.20. The molecule has 0 aliphatic rings. The number of hydrogen-bond acceptors (Lipinski definition) is 6. The van der Waals surface area contributed by atoms with E-state index in [4.69, 9.17) is 9.47 Å². The summed E-state index contributed by atoms with van der Waals surface area (Å²) in [5.74, 6) is -0.999. The van der Waals surface area contributed by atoms with Crippen molar-refractivity contribution in [3.63, 3.8) is 0 Å². The van der Waals surface area contributed by atoms with Crippen LogP contribution in [0.25, 0.3) is 11.4 Å². The topological polar surface area (TPSA) is 78.4 Å². The lowest BCUT2D eigenvalue weighted by molar-refractivity contribution is -0.206. The second-order valence-corrected chi connectivity index (χ2v) is 11.4. The van der Waals surface area contributed by atoms with Crippen LogP contribution < -0.4 is 4.74 Å². The number of carbonyl (C=O) groups excluding carboxylic acids is 2. The Labute approximate surface area is 264 Å².